The molecule has 0 bridgehead atoms. The lowest BCUT2D eigenvalue weighted by Crippen LogP contribution is -2.37. The Morgan fingerprint density at radius 1 is 1.33 bits per heavy atom. The van der Waals surface area contributed by atoms with E-state index in [-0.39, 0.29) is 18.2 Å². The molecule has 0 heterocycles. The Kier molecular flexibility index (Phi) is 4.72. The molecular weight excluding hydrogens is 247 g/mol. The van der Waals surface area contributed by atoms with E-state index in [1.54, 1.807) is 6.92 Å². The molecule has 1 unspecified atom stereocenters. The molecule has 3 nitrogen and oxygen atoms in total. The molecule has 1 atom stereocenters. The second-order valence-electron chi connectivity index (χ2n) is 3.97. The standard InChI is InChI=1S/C12H14F3NO2/c1-7(6-18-3)16(2)12(17)8-4-9(13)11(15)10(14)5-8/h4-5,7H,6H2,1-3H3. The summed E-state index contributed by atoms with van der Waals surface area (Å²) in [5.41, 5.74) is -0.239. The van der Waals surface area contributed by atoms with Crippen LogP contribution in [0.2, 0.25) is 0 Å². The van der Waals surface area contributed by atoms with Gasteiger partial charge >= 0.3 is 0 Å². The number of amides is 1. The van der Waals surface area contributed by atoms with Crippen molar-refractivity contribution in [3.05, 3.63) is 35.1 Å². The van der Waals surface area contributed by atoms with Gasteiger partial charge in [0.1, 0.15) is 0 Å². The number of benzene rings is 1. The van der Waals surface area contributed by atoms with E-state index >= 15 is 0 Å². The molecule has 0 saturated carbocycles. The van der Waals surface area contributed by atoms with Crippen LogP contribution in [0.25, 0.3) is 0 Å². The van der Waals surface area contributed by atoms with Gasteiger partial charge in [-0.1, -0.05) is 0 Å². The highest BCUT2D eigenvalue weighted by atomic mass is 19.2. The maximum absolute atomic E-state index is 13.0. The van der Waals surface area contributed by atoms with Gasteiger partial charge in [0.2, 0.25) is 0 Å². The Hall–Kier alpha value is -1.56. The molecule has 0 aliphatic rings. The molecule has 100 valence electrons. The molecule has 0 N–H and O–H groups in total. The number of hydrogen-bond donors (Lipinski definition) is 0. The topological polar surface area (TPSA) is 29.5 Å². The van der Waals surface area contributed by atoms with Crippen molar-refractivity contribution in [1.82, 2.24) is 4.90 Å². The molecule has 1 rings (SSSR count). The van der Waals surface area contributed by atoms with E-state index in [2.05, 4.69) is 0 Å². The summed E-state index contributed by atoms with van der Waals surface area (Å²) < 4.78 is 43.6. The second kappa shape index (κ2) is 5.86. The molecule has 6 heteroatoms. The zero-order valence-corrected chi connectivity index (χ0v) is 10.3. The van der Waals surface area contributed by atoms with Crippen LogP contribution in [0.15, 0.2) is 12.1 Å². The first-order chi connectivity index (χ1) is 8.38. The Morgan fingerprint density at radius 3 is 2.28 bits per heavy atom. The molecule has 0 aliphatic heterocycles. The number of halogens is 3. The molecule has 1 amide bonds. The van der Waals surface area contributed by atoms with Crippen molar-refractivity contribution in [1.29, 1.82) is 0 Å². The highest BCUT2D eigenvalue weighted by molar-refractivity contribution is 5.94. The molecule has 1 aromatic rings. The summed E-state index contributed by atoms with van der Waals surface area (Å²) in [7, 11) is 2.96. The second-order valence-corrected chi connectivity index (χ2v) is 3.97. The zero-order chi connectivity index (χ0) is 13.9. The Bertz CT molecular complexity index is 428. The van der Waals surface area contributed by atoms with Crippen molar-refractivity contribution in [2.45, 2.75) is 13.0 Å². The normalized spacial score (nSPS) is 12.3. The largest absolute Gasteiger partial charge is 0.383 e. The van der Waals surface area contributed by atoms with E-state index < -0.39 is 23.4 Å². The fourth-order valence-corrected chi connectivity index (χ4v) is 1.44. The van der Waals surface area contributed by atoms with Gasteiger partial charge in [-0.25, -0.2) is 13.2 Å². The molecule has 0 aliphatic carbocycles. The van der Waals surface area contributed by atoms with E-state index in [1.807, 2.05) is 0 Å². The Balaban J connectivity index is 2.97. The van der Waals surface area contributed by atoms with Crippen LogP contribution in [0.5, 0.6) is 0 Å². The third-order valence-corrected chi connectivity index (χ3v) is 2.62. The van der Waals surface area contributed by atoms with Gasteiger partial charge in [-0.2, -0.15) is 0 Å². The smallest absolute Gasteiger partial charge is 0.254 e. The van der Waals surface area contributed by atoms with Crippen LogP contribution < -0.4 is 0 Å². The van der Waals surface area contributed by atoms with E-state index in [0.29, 0.717) is 12.1 Å². The molecule has 0 saturated heterocycles. The summed E-state index contributed by atoms with van der Waals surface area (Å²) >= 11 is 0. The number of likely N-dealkylation sites (N-methyl/N-ethyl adjacent to an activating group) is 1. The number of ether oxygens (including phenoxy) is 1. The van der Waals surface area contributed by atoms with Gasteiger partial charge < -0.3 is 9.64 Å². The van der Waals surface area contributed by atoms with Crippen molar-refractivity contribution in [2.75, 3.05) is 20.8 Å². The first kappa shape index (κ1) is 14.5. The van der Waals surface area contributed by atoms with Crippen molar-refractivity contribution in [2.24, 2.45) is 0 Å². The number of rotatable bonds is 4. The first-order valence-electron chi connectivity index (χ1n) is 5.29. The molecule has 1 aromatic carbocycles. The van der Waals surface area contributed by atoms with Gasteiger partial charge in [0.05, 0.1) is 12.6 Å². The van der Waals surface area contributed by atoms with Crippen LogP contribution in [-0.2, 0) is 4.74 Å². The minimum atomic E-state index is -1.58. The Labute approximate surface area is 103 Å². The van der Waals surface area contributed by atoms with Gasteiger partial charge in [0.15, 0.2) is 17.5 Å². The van der Waals surface area contributed by atoms with Gasteiger partial charge in [-0.15, -0.1) is 0 Å². The average Bonchev–Trinajstić information content (AvgIpc) is 2.33. The number of carbonyl (C=O) groups is 1. The quantitative estimate of drug-likeness (QED) is 0.778. The predicted octanol–water partition coefficient (Wildman–Crippen LogP) is 2.21. The summed E-state index contributed by atoms with van der Waals surface area (Å²) in [5, 5.41) is 0. The van der Waals surface area contributed by atoms with E-state index in [1.165, 1.54) is 19.1 Å². The monoisotopic (exact) mass is 261 g/mol. The SMILES string of the molecule is COCC(C)N(C)C(=O)c1cc(F)c(F)c(F)c1. The molecular formula is C12H14F3NO2. The van der Waals surface area contributed by atoms with Crippen molar-refractivity contribution in [3.63, 3.8) is 0 Å². The highest BCUT2D eigenvalue weighted by Gasteiger charge is 2.20. The molecule has 0 aromatic heterocycles. The predicted molar refractivity (Wildman–Crippen MR) is 59.7 cm³/mol. The molecule has 0 spiro atoms. The molecule has 0 radical (unpaired) electrons. The maximum Gasteiger partial charge on any atom is 0.254 e. The maximum atomic E-state index is 13.0. The highest BCUT2D eigenvalue weighted by Crippen LogP contribution is 2.15. The van der Waals surface area contributed by atoms with Gasteiger partial charge in [0, 0.05) is 19.7 Å². The number of carbonyl (C=O) groups excluding carboxylic acids is 1. The van der Waals surface area contributed by atoms with Crippen LogP contribution >= 0.6 is 0 Å². The van der Waals surface area contributed by atoms with Crippen molar-refractivity contribution in [3.8, 4) is 0 Å². The van der Waals surface area contributed by atoms with Crippen LogP contribution in [0.1, 0.15) is 17.3 Å². The lowest BCUT2D eigenvalue weighted by molar-refractivity contribution is 0.0632. The molecule has 18 heavy (non-hydrogen) atoms. The van der Waals surface area contributed by atoms with Gasteiger partial charge in [-0.05, 0) is 19.1 Å². The fraction of sp³-hybridized carbons (Fsp3) is 0.417. The Morgan fingerprint density at radius 2 is 1.83 bits per heavy atom. The third-order valence-electron chi connectivity index (χ3n) is 2.62. The van der Waals surface area contributed by atoms with Gasteiger partial charge in [-0.3, -0.25) is 4.79 Å². The average molecular weight is 261 g/mol. The first-order valence-corrected chi connectivity index (χ1v) is 5.29. The van der Waals surface area contributed by atoms with E-state index in [4.69, 9.17) is 4.74 Å². The number of hydrogen-bond acceptors (Lipinski definition) is 2. The number of nitrogens with zero attached hydrogens (tertiary/aromatic N) is 1. The van der Waals surface area contributed by atoms with Crippen LogP contribution in [0, 0.1) is 17.5 Å². The van der Waals surface area contributed by atoms with E-state index in [9.17, 15) is 18.0 Å². The third kappa shape index (κ3) is 3.01. The lowest BCUT2D eigenvalue weighted by atomic mass is 10.1. The minimum Gasteiger partial charge on any atom is -0.383 e. The van der Waals surface area contributed by atoms with E-state index in [0.717, 1.165) is 0 Å². The van der Waals surface area contributed by atoms with Crippen LogP contribution in [-0.4, -0.2) is 37.6 Å². The summed E-state index contributed by atoms with van der Waals surface area (Å²) in [6, 6.07) is 1.09. The lowest BCUT2D eigenvalue weighted by Gasteiger charge is -2.24. The van der Waals surface area contributed by atoms with Gasteiger partial charge in [0.25, 0.3) is 5.91 Å². The summed E-state index contributed by atoms with van der Waals surface area (Å²) in [6.45, 7) is 2.01. The summed E-state index contributed by atoms with van der Waals surface area (Å²) in [5.74, 6) is -4.95. The minimum absolute atomic E-state index is 0.239. The summed E-state index contributed by atoms with van der Waals surface area (Å²) in [4.78, 5) is 13.2. The number of methoxy groups -OCH3 is 1. The van der Waals surface area contributed by atoms with Crippen LogP contribution in [0.4, 0.5) is 13.2 Å². The molecule has 0 fully saturated rings. The van der Waals surface area contributed by atoms with Crippen molar-refractivity contribution >= 4 is 5.91 Å². The zero-order valence-electron chi connectivity index (χ0n) is 10.3. The summed E-state index contributed by atoms with van der Waals surface area (Å²) in [6.07, 6.45) is 0. The fourth-order valence-electron chi connectivity index (χ4n) is 1.44. The van der Waals surface area contributed by atoms with Crippen molar-refractivity contribution < 1.29 is 22.7 Å². The van der Waals surface area contributed by atoms with Crippen LogP contribution in [0.3, 0.4) is 0 Å².